The molecular weight excluding hydrogens is 781 g/mol. The van der Waals surface area contributed by atoms with Crippen molar-refractivity contribution in [2.24, 2.45) is 0 Å². The maximum atomic E-state index is 12.8. The van der Waals surface area contributed by atoms with Crippen LogP contribution in [-0.4, -0.2) is 37.2 Å². The van der Waals surface area contributed by atoms with E-state index in [2.05, 4.69) is 20.8 Å². The van der Waals surface area contributed by atoms with E-state index in [4.69, 9.17) is 14.2 Å². The van der Waals surface area contributed by atoms with Crippen molar-refractivity contribution >= 4 is 17.9 Å². The molecule has 374 valence electrons. The number of ether oxygens (including phenoxy) is 3. The standard InChI is InChI=1S/C57H110O6/c1-4-7-10-13-16-19-22-25-26-27-28-29-30-33-35-38-41-44-47-50-56(59)62-53-54(63-57(60)51-48-45-42-39-36-32-24-21-18-15-12-9-6-3)52-61-55(58)49-46-43-40-37-34-31-23-20-17-14-11-8-5-2/h54H,4-53H2,1-3H3/t54-/m1/s1. The molecule has 0 heterocycles. The van der Waals surface area contributed by atoms with Crippen LogP contribution in [-0.2, 0) is 28.6 Å². The van der Waals surface area contributed by atoms with E-state index in [9.17, 15) is 14.4 Å². The number of hydrogen-bond donors (Lipinski definition) is 0. The van der Waals surface area contributed by atoms with E-state index in [0.29, 0.717) is 19.3 Å². The van der Waals surface area contributed by atoms with Gasteiger partial charge < -0.3 is 14.2 Å². The van der Waals surface area contributed by atoms with Crippen LogP contribution in [0.5, 0.6) is 0 Å². The Hall–Kier alpha value is -1.59. The lowest BCUT2D eigenvalue weighted by Gasteiger charge is -2.18. The molecule has 0 aliphatic rings. The lowest BCUT2D eigenvalue weighted by molar-refractivity contribution is -0.167. The molecule has 0 aromatic rings. The van der Waals surface area contributed by atoms with Gasteiger partial charge in [0.2, 0.25) is 0 Å². The molecule has 6 heteroatoms. The maximum absolute atomic E-state index is 12.8. The summed E-state index contributed by atoms with van der Waals surface area (Å²) in [5, 5.41) is 0. The highest BCUT2D eigenvalue weighted by Crippen LogP contribution is 2.18. The van der Waals surface area contributed by atoms with Crippen LogP contribution in [0.15, 0.2) is 0 Å². The van der Waals surface area contributed by atoms with Gasteiger partial charge in [0.25, 0.3) is 0 Å². The second-order valence-electron chi connectivity index (χ2n) is 19.6. The average molecular weight is 892 g/mol. The summed E-state index contributed by atoms with van der Waals surface area (Å²) in [7, 11) is 0. The van der Waals surface area contributed by atoms with Gasteiger partial charge in [0.1, 0.15) is 13.2 Å². The monoisotopic (exact) mass is 891 g/mol. The molecule has 0 fully saturated rings. The first-order chi connectivity index (χ1) is 31.0. The van der Waals surface area contributed by atoms with Gasteiger partial charge in [-0.1, -0.05) is 290 Å². The third-order valence-corrected chi connectivity index (χ3v) is 13.1. The summed E-state index contributed by atoms with van der Waals surface area (Å²) in [6, 6.07) is 0. The van der Waals surface area contributed by atoms with Crippen LogP contribution < -0.4 is 0 Å². The molecular formula is C57H110O6. The quantitative estimate of drug-likeness (QED) is 0.0344. The number of carbonyl (C=O) groups is 3. The smallest absolute Gasteiger partial charge is 0.306 e. The Bertz CT molecular complexity index is 936. The second kappa shape index (κ2) is 53.0. The third-order valence-electron chi connectivity index (χ3n) is 13.1. The van der Waals surface area contributed by atoms with Crippen LogP contribution in [0.2, 0.25) is 0 Å². The number of carbonyl (C=O) groups excluding carboxylic acids is 3. The van der Waals surface area contributed by atoms with E-state index in [0.717, 1.165) is 57.8 Å². The van der Waals surface area contributed by atoms with Gasteiger partial charge in [-0.15, -0.1) is 0 Å². The zero-order chi connectivity index (χ0) is 45.8. The molecule has 0 aromatic carbocycles. The molecule has 1 atom stereocenters. The van der Waals surface area contributed by atoms with Crippen molar-refractivity contribution in [1.29, 1.82) is 0 Å². The molecule has 0 N–H and O–H groups in total. The van der Waals surface area contributed by atoms with Crippen LogP contribution in [0.4, 0.5) is 0 Å². The number of unbranched alkanes of at least 4 members (excludes halogenated alkanes) is 42. The first-order valence-electron chi connectivity index (χ1n) is 28.5. The molecule has 0 radical (unpaired) electrons. The molecule has 0 saturated carbocycles. The zero-order valence-electron chi connectivity index (χ0n) is 42.9. The average Bonchev–Trinajstić information content (AvgIpc) is 3.28. The summed E-state index contributed by atoms with van der Waals surface area (Å²) >= 11 is 0. The molecule has 0 aromatic heterocycles. The number of hydrogen-bond acceptors (Lipinski definition) is 6. The minimum Gasteiger partial charge on any atom is -0.462 e. The molecule has 6 nitrogen and oxygen atoms in total. The van der Waals surface area contributed by atoms with Gasteiger partial charge in [0.15, 0.2) is 6.10 Å². The Morgan fingerprint density at radius 2 is 0.429 bits per heavy atom. The molecule has 0 spiro atoms. The first kappa shape index (κ1) is 61.4. The van der Waals surface area contributed by atoms with Crippen molar-refractivity contribution < 1.29 is 28.6 Å². The van der Waals surface area contributed by atoms with Crippen LogP contribution in [0.25, 0.3) is 0 Å². The molecule has 0 aliphatic carbocycles. The fourth-order valence-corrected chi connectivity index (χ4v) is 8.80. The maximum Gasteiger partial charge on any atom is 0.306 e. The van der Waals surface area contributed by atoms with E-state index >= 15 is 0 Å². The van der Waals surface area contributed by atoms with Crippen molar-refractivity contribution in [3.63, 3.8) is 0 Å². The van der Waals surface area contributed by atoms with Gasteiger partial charge in [-0.05, 0) is 19.3 Å². The molecule has 0 aliphatic heterocycles. The Morgan fingerprint density at radius 1 is 0.254 bits per heavy atom. The third kappa shape index (κ3) is 51.3. The fraction of sp³-hybridized carbons (Fsp3) is 0.947. The lowest BCUT2D eigenvalue weighted by Crippen LogP contribution is -2.30. The van der Waals surface area contributed by atoms with Crippen molar-refractivity contribution in [2.45, 2.75) is 335 Å². The number of esters is 3. The van der Waals surface area contributed by atoms with Crippen molar-refractivity contribution in [1.82, 2.24) is 0 Å². The van der Waals surface area contributed by atoms with Crippen LogP contribution in [0, 0.1) is 0 Å². The van der Waals surface area contributed by atoms with Crippen molar-refractivity contribution in [3.8, 4) is 0 Å². The van der Waals surface area contributed by atoms with E-state index in [1.807, 2.05) is 0 Å². The summed E-state index contributed by atoms with van der Waals surface area (Å²) < 4.78 is 16.9. The minimum atomic E-state index is -0.760. The summed E-state index contributed by atoms with van der Waals surface area (Å²) in [6.07, 6.45) is 58.0. The van der Waals surface area contributed by atoms with E-state index in [1.165, 1.54) is 231 Å². The minimum absolute atomic E-state index is 0.0612. The highest BCUT2D eigenvalue weighted by molar-refractivity contribution is 5.71. The summed E-state index contributed by atoms with van der Waals surface area (Å²) in [5.41, 5.74) is 0. The molecule has 0 amide bonds. The summed E-state index contributed by atoms with van der Waals surface area (Å²) in [4.78, 5) is 38.1. The van der Waals surface area contributed by atoms with E-state index in [-0.39, 0.29) is 31.1 Å². The highest BCUT2D eigenvalue weighted by atomic mass is 16.6. The Labute approximate surface area is 393 Å². The second-order valence-corrected chi connectivity index (χ2v) is 19.6. The van der Waals surface area contributed by atoms with Crippen LogP contribution in [0.1, 0.15) is 329 Å². The lowest BCUT2D eigenvalue weighted by atomic mass is 10.0. The molecule has 0 saturated heterocycles. The van der Waals surface area contributed by atoms with Gasteiger partial charge in [-0.25, -0.2) is 0 Å². The molecule has 63 heavy (non-hydrogen) atoms. The first-order valence-corrected chi connectivity index (χ1v) is 28.5. The van der Waals surface area contributed by atoms with Gasteiger partial charge in [-0.2, -0.15) is 0 Å². The largest absolute Gasteiger partial charge is 0.462 e. The summed E-state index contributed by atoms with van der Waals surface area (Å²) in [5.74, 6) is -0.834. The SMILES string of the molecule is CCCCCCCCCCCCCCCCCCCCCC(=O)OC[C@@H](COC(=O)CCCCCCCCCCCCCCC)OC(=O)CCCCCCCCCCCCCCC. The zero-order valence-corrected chi connectivity index (χ0v) is 42.9. The van der Waals surface area contributed by atoms with E-state index in [1.54, 1.807) is 0 Å². The summed E-state index contributed by atoms with van der Waals surface area (Å²) in [6.45, 7) is 6.70. The van der Waals surface area contributed by atoms with Crippen molar-refractivity contribution in [3.05, 3.63) is 0 Å². The van der Waals surface area contributed by atoms with Crippen LogP contribution >= 0.6 is 0 Å². The Kier molecular flexibility index (Phi) is 51.7. The highest BCUT2D eigenvalue weighted by Gasteiger charge is 2.19. The fourth-order valence-electron chi connectivity index (χ4n) is 8.80. The molecule has 0 unspecified atom stereocenters. The predicted octanol–water partition coefficient (Wildman–Crippen LogP) is 18.8. The van der Waals surface area contributed by atoms with Crippen LogP contribution in [0.3, 0.4) is 0 Å². The topological polar surface area (TPSA) is 78.9 Å². The predicted molar refractivity (Wildman–Crippen MR) is 270 cm³/mol. The van der Waals surface area contributed by atoms with E-state index < -0.39 is 6.10 Å². The number of rotatable bonds is 53. The molecule has 0 rings (SSSR count). The van der Waals surface area contributed by atoms with Gasteiger partial charge >= 0.3 is 17.9 Å². The normalized spacial score (nSPS) is 11.9. The Morgan fingerprint density at radius 3 is 0.635 bits per heavy atom. The van der Waals surface area contributed by atoms with Gasteiger partial charge in [0.05, 0.1) is 0 Å². The Balaban J connectivity index is 4.25. The van der Waals surface area contributed by atoms with Gasteiger partial charge in [-0.3, -0.25) is 14.4 Å². The van der Waals surface area contributed by atoms with Gasteiger partial charge in [0, 0.05) is 19.3 Å². The van der Waals surface area contributed by atoms with Crippen molar-refractivity contribution in [2.75, 3.05) is 13.2 Å². The molecule has 0 bridgehead atoms.